The van der Waals surface area contributed by atoms with Crippen LogP contribution in [0.3, 0.4) is 0 Å². The summed E-state index contributed by atoms with van der Waals surface area (Å²) in [5.41, 5.74) is 0. The van der Waals surface area contributed by atoms with Crippen LogP contribution in [0.1, 0.15) is 33.1 Å². The van der Waals surface area contributed by atoms with E-state index in [1.54, 1.807) is 6.92 Å². The van der Waals surface area contributed by atoms with Gasteiger partial charge in [0.1, 0.15) is 11.6 Å². The lowest BCUT2D eigenvalue weighted by atomic mass is 10.2. The quantitative estimate of drug-likeness (QED) is 0.759. The van der Waals surface area contributed by atoms with Gasteiger partial charge in [0.2, 0.25) is 0 Å². The van der Waals surface area contributed by atoms with Crippen molar-refractivity contribution in [1.82, 2.24) is 5.32 Å². The summed E-state index contributed by atoms with van der Waals surface area (Å²) in [7, 11) is 0. The van der Waals surface area contributed by atoms with Crippen LogP contribution in [0.5, 0.6) is 5.75 Å². The number of rotatable bonds is 7. The Morgan fingerprint density at radius 1 is 1.33 bits per heavy atom. The third-order valence-corrected chi connectivity index (χ3v) is 2.58. The molecule has 1 rings (SSSR count). The highest BCUT2D eigenvalue weighted by Gasteiger charge is 2.13. The van der Waals surface area contributed by atoms with E-state index in [0.717, 1.165) is 19.3 Å². The molecule has 0 aliphatic rings. The van der Waals surface area contributed by atoms with Crippen molar-refractivity contribution < 1.29 is 13.9 Å². The number of halogens is 1. The predicted molar refractivity (Wildman–Crippen MR) is 69.0 cm³/mol. The Morgan fingerprint density at radius 2 is 2.00 bits per heavy atom. The summed E-state index contributed by atoms with van der Waals surface area (Å²) in [5.74, 6) is 0.0297. The first-order chi connectivity index (χ1) is 8.63. The number of hydrogen-bond acceptors (Lipinski definition) is 2. The van der Waals surface area contributed by atoms with E-state index in [0.29, 0.717) is 12.3 Å². The highest BCUT2D eigenvalue weighted by atomic mass is 19.1. The summed E-state index contributed by atoms with van der Waals surface area (Å²) >= 11 is 0. The maximum atomic E-state index is 12.7. The first-order valence-corrected chi connectivity index (χ1v) is 6.33. The minimum atomic E-state index is -0.572. The monoisotopic (exact) mass is 253 g/mol. The van der Waals surface area contributed by atoms with E-state index in [1.807, 2.05) is 0 Å². The van der Waals surface area contributed by atoms with Crippen LogP contribution in [0, 0.1) is 5.82 Å². The van der Waals surface area contributed by atoms with Crippen molar-refractivity contribution in [3.05, 3.63) is 30.1 Å². The molecule has 0 bridgehead atoms. The van der Waals surface area contributed by atoms with Crippen molar-refractivity contribution in [3.63, 3.8) is 0 Å². The van der Waals surface area contributed by atoms with Crippen molar-refractivity contribution in [2.75, 3.05) is 6.54 Å². The molecule has 1 aromatic carbocycles. The molecule has 0 heterocycles. The fourth-order valence-corrected chi connectivity index (χ4v) is 1.50. The Hall–Kier alpha value is -1.58. The second kappa shape index (κ2) is 7.69. The number of benzene rings is 1. The normalized spacial score (nSPS) is 11.9. The van der Waals surface area contributed by atoms with Crippen LogP contribution in [0.2, 0.25) is 0 Å². The van der Waals surface area contributed by atoms with Crippen LogP contribution in [0.4, 0.5) is 4.39 Å². The molecule has 0 unspecified atom stereocenters. The molecular weight excluding hydrogens is 233 g/mol. The molecule has 0 saturated heterocycles. The van der Waals surface area contributed by atoms with Crippen molar-refractivity contribution in [2.45, 2.75) is 39.2 Å². The Kier molecular flexibility index (Phi) is 6.19. The van der Waals surface area contributed by atoms with E-state index in [2.05, 4.69) is 12.2 Å². The first-order valence-electron chi connectivity index (χ1n) is 6.33. The summed E-state index contributed by atoms with van der Waals surface area (Å²) in [4.78, 5) is 11.7. The van der Waals surface area contributed by atoms with Gasteiger partial charge < -0.3 is 10.1 Å². The number of ether oxygens (including phenoxy) is 1. The number of hydrogen-bond donors (Lipinski definition) is 1. The van der Waals surface area contributed by atoms with E-state index < -0.39 is 6.10 Å². The van der Waals surface area contributed by atoms with Crippen molar-refractivity contribution in [1.29, 1.82) is 0 Å². The Balaban J connectivity index is 2.33. The molecule has 1 atom stereocenters. The zero-order chi connectivity index (χ0) is 13.4. The molecule has 0 saturated carbocycles. The van der Waals surface area contributed by atoms with Gasteiger partial charge in [-0.05, 0) is 37.6 Å². The van der Waals surface area contributed by atoms with E-state index in [9.17, 15) is 9.18 Å². The summed E-state index contributed by atoms with van der Waals surface area (Å²) in [5, 5.41) is 2.81. The lowest BCUT2D eigenvalue weighted by Crippen LogP contribution is -2.36. The predicted octanol–water partition coefficient (Wildman–Crippen LogP) is 2.90. The van der Waals surface area contributed by atoms with Gasteiger partial charge in [-0.3, -0.25) is 4.79 Å². The molecule has 4 heteroatoms. The second-order valence-corrected chi connectivity index (χ2v) is 4.21. The zero-order valence-corrected chi connectivity index (χ0v) is 10.9. The third-order valence-electron chi connectivity index (χ3n) is 2.58. The van der Waals surface area contributed by atoms with Crippen LogP contribution < -0.4 is 10.1 Å². The lowest BCUT2D eigenvalue weighted by molar-refractivity contribution is -0.127. The molecule has 100 valence electrons. The van der Waals surface area contributed by atoms with Crippen LogP contribution in [0.15, 0.2) is 24.3 Å². The molecule has 0 spiro atoms. The van der Waals surface area contributed by atoms with Gasteiger partial charge in [-0.15, -0.1) is 0 Å². The van der Waals surface area contributed by atoms with Crippen molar-refractivity contribution in [2.24, 2.45) is 0 Å². The standard InChI is InChI=1S/C14H20FNO2/c1-3-4-5-10-16-14(17)11(2)18-13-8-6-12(15)7-9-13/h6-9,11H,3-5,10H2,1-2H3,(H,16,17)/t11-/m1/s1. The smallest absolute Gasteiger partial charge is 0.260 e. The molecule has 1 aromatic rings. The van der Waals surface area contributed by atoms with Crippen LogP contribution >= 0.6 is 0 Å². The number of carbonyl (C=O) groups is 1. The SMILES string of the molecule is CCCCCNC(=O)[C@@H](C)Oc1ccc(F)cc1. The second-order valence-electron chi connectivity index (χ2n) is 4.21. The van der Waals surface area contributed by atoms with Crippen molar-refractivity contribution >= 4 is 5.91 Å². The van der Waals surface area contributed by atoms with Crippen LogP contribution in [-0.4, -0.2) is 18.6 Å². The van der Waals surface area contributed by atoms with E-state index in [1.165, 1.54) is 24.3 Å². The summed E-state index contributed by atoms with van der Waals surface area (Å²) in [6.07, 6.45) is 2.63. The lowest BCUT2D eigenvalue weighted by Gasteiger charge is -2.14. The number of unbranched alkanes of at least 4 members (excludes halogenated alkanes) is 2. The maximum absolute atomic E-state index is 12.7. The number of amides is 1. The highest BCUT2D eigenvalue weighted by Crippen LogP contribution is 2.12. The molecule has 0 radical (unpaired) electrons. The Morgan fingerprint density at radius 3 is 2.61 bits per heavy atom. The average molecular weight is 253 g/mol. The largest absolute Gasteiger partial charge is 0.481 e. The molecule has 18 heavy (non-hydrogen) atoms. The van der Waals surface area contributed by atoms with Gasteiger partial charge in [0.05, 0.1) is 0 Å². The molecule has 0 fully saturated rings. The summed E-state index contributed by atoms with van der Waals surface area (Å²) < 4.78 is 18.1. The van der Waals surface area contributed by atoms with Gasteiger partial charge in [-0.1, -0.05) is 19.8 Å². The zero-order valence-electron chi connectivity index (χ0n) is 10.9. The Bertz CT molecular complexity index is 365. The molecule has 0 aliphatic carbocycles. The maximum Gasteiger partial charge on any atom is 0.260 e. The first kappa shape index (κ1) is 14.5. The minimum Gasteiger partial charge on any atom is -0.481 e. The van der Waals surface area contributed by atoms with Gasteiger partial charge in [0.25, 0.3) is 5.91 Å². The summed E-state index contributed by atoms with van der Waals surface area (Å²) in [6, 6.07) is 5.63. The molecule has 1 amide bonds. The average Bonchev–Trinajstić information content (AvgIpc) is 2.37. The fourth-order valence-electron chi connectivity index (χ4n) is 1.50. The van der Waals surface area contributed by atoms with E-state index in [4.69, 9.17) is 4.74 Å². The topological polar surface area (TPSA) is 38.3 Å². The van der Waals surface area contributed by atoms with Crippen molar-refractivity contribution in [3.8, 4) is 5.75 Å². The summed E-state index contributed by atoms with van der Waals surface area (Å²) in [6.45, 7) is 4.46. The third kappa shape index (κ3) is 5.17. The fraction of sp³-hybridized carbons (Fsp3) is 0.500. The minimum absolute atomic E-state index is 0.143. The molecule has 3 nitrogen and oxygen atoms in total. The van der Waals surface area contributed by atoms with Gasteiger partial charge in [0.15, 0.2) is 6.10 Å². The number of nitrogens with one attached hydrogen (secondary N) is 1. The van der Waals surface area contributed by atoms with Gasteiger partial charge >= 0.3 is 0 Å². The van der Waals surface area contributed by atoms with E-state index >= 15 is 0 Å². The van der Waals surface area contributed by atoms with Gasteiger partial charge in [-0.25, -0.2) is 4.39 Å². The van der Waals surface area contributed by atoms with Crippen LogP contribution in [-0.2, 0) is 4.79 Å². The molecule has 0 aliphatic heterocycles. The highest BCUT2D eigenvalue weighted by molar-refractivity contribution is 5.80. The van der Waals surface area contributed by atoms with Gasteiger partial charge in [0, 0.05) is 6.54 Å². The molecule has 0 aromatic heterocycles. The number of carbonyl (C=O) groups excluding carboxylic acids is 1. The van der Waals surface area contributed by atoms with Crippen LogP contribution in [0.25, 0.3) is 0 Å². The molecule has 1 N–H and O–H groups in total. The molecular formula is C14H20FNO2. The van der Waals surface area contributed by atoms with Gasteiger partial charge in [-0.2, -0.15) is 0 Å². The van der Waals surface area contributed by atoms with E-state index in [-0.39, 0.29) is 11.7 Å². The Labute approximate surface area is 107 Å².